The smallest absolute Gasteiger partial charge is 0.321 e. The Labute approximate surface area is 165 Å². The minimum absolute atomic E-state index is 0.221. The Morgan fingerprint density at radius 1 is 1.14 bits per heavy atom. The summed E-state index contributed by atoms with van der Waals surface area (Å²) in [5.41, 5.74) is 1.84. The molecule has 2 aromatic heterocycles. The van der Waals surface area contributed by atoms with Gasteiger partial charge < -0.3 is 5.32 Å². The molecule has 0 radical (unpaired) electrons. The van der Waals surface area contributed by atoms with E-state index >= 15 is 0 Å². The van der Waals surface area contributed by atoms with Crippen LogP contribution in [0.15, 0.2) is 48.8 Å². The average Bonchev–Trinajstić information content (AvgIpc) is 3.09. The largest absolute Gasteiger partial charge is 0.416 e. The van der Waals surface area contributed by atoms with E-state index in [0.29, 0.717) is 17.3 Å². The van der Waals surface area contributed by atoms with Crippen LogP contribution in [0.5, 0.6) is 0 Å². The second kappa shape index (κ2) is 7.35. The van der Waals surface area contributed by atoms with Crippen LogP contribution in [0.1, 0.15) is 46.9 Å². The Balaban J connectivity index is 1.54. The van der Waals surface area contributed by atoms with Crippen LogP contribution in [0.2, 0.25) is 0 Å². The number of hydrogen-bond donors (Lipinski definition) is 1. The minimum Gasteiger partial charge on any atom is -0.321 e. The molecule has 1 saturated carbocycles. The molecule has 1 amide bonds. The molecule has 0 spiro atoms. The van der Waals surface area contributed by atoms with Gasteiger partial charge in [0.05, 0.1) is 23.5 Å². The lowest BCUT2D eigenvalue weighted by molar-refractivity contribution is -0.137. The van der Waals surface area contributed by atoms with E-state index < -0.39 is 17.6 Å². The lowest BCUT2D eigenvalue weighted by atomic mass is 9.93. The van der Waals surface area contributed by atoms with E-state index in [1.807, 2.05) is 16.9 Å². The van der Waals surface area contributed by atoms with Gasteiger partial charge in [-0.15, -0.1) is 0 Å². The zero-order valence-corrected chi connectivity index (χ0v) is 15.7. The quantitative estimate of drug-likeness (QED) is 0.651. The Morgan fingerprint density at radius 2 is 1.86 bits per heavy atom. The number of halogens is 3. The molecule has 0 bridgehead atoms. The fourth-order valence-electron chi connectivity index (χ4n) is 3.17. The number of hydrogen-bond acceptors (Lipinski definition) is 3. The third-order valence-electron chi connectivity index (χ3n) is 5.13. The summed E-state index contributed by atoms with van der Waals surface area (Å²) in [5, 5.41) is 7.00. The van der Waals surface area contributed by atoms with Crippen molar-refractivity contribution in [1.82, 2.24) is 14.8 Å². The van der Waals surface area contributed by atoms with E-state index in [-0.39, 0.29) is 11.4 Å². The van der Waals surface area contributed by atoms with Crippen molar-refractivity contribution in [3.8, 4) is 11.3 Å². The molecule has 1 aliphatic carbocycles. The fourth-order valence-corrected chi connectivity index (χ4v) is 3.17. The van der Waals surface area contributed by atoms with Gasteiger partial charge in [-0.25, -0.2) is 4.98 Å². The molecular formula is C21H19F3N4O. The van der Waals surface area contributed by atoms with Gasteiger partial charge in [0.25, 0.3) is 5.91 Å². The number of amides is 1. The second-order valence-corrected chi connectivity index (χ2v) is 7.18. The Kier molecular flexibility index (Phi) is 4.86. The second-order valence-electron chi connectivity index (χ2n) is 7.18. The predicted molar refractivity (Wildman–Crippen MR) is 102 cm³/mol. The zero-order valence-electron chi connectivity index (χ0n) is 15.7. The summed E-state index contributed by atoms with van der Waals surface area (Å²) in [7, 11) is 0. The predicted octanol–water partition coefficient (Wildman–Crippen LogP) is 5.25. The Bertz CT molecular complexity index is 1040. The standard InChI is InChI=1S/C21H19F3N4O/c1-13-5-10-18(14-11-25-28(12-14)17-3-2-4-17)27-19(13)20(29)26-16-8-6-15(7-9-16)21(22,23)24/h5-12,17H,2-4H2,1H3,(H,26,29). The van der Waals surface area contributed by atoms with Gasteiger partial charge in [0, 0.05) is 17.4 Å². The van der Waals surface area contributed by atoms with Crippen molar-refractivity contribution in [1.29, 1.82) is 0 Å². The first-order chi connectivity index (χ1) is 13.8. The SMILES string of the molecule is Cc1ccc(-c2cnn(C3CCC3)c2)nc1C(=O)Nc1ccc(C(F)(F)F)cc1. The maximum absolute atomic E-state index is 12.7. The molecule has 1 fully saturated rings. The summed E-state index contributed by atoms with van der Waals surface area (Å²) in [4.78, 5) is 17.1. The maximum atomic E-state index is 12.7. The zero-order chi connectivity index (χ0) is 20.6. The van der Waals surface area contributed by atoms with Gasteiger partial charge in [0.2, 0.25) is 0 Å². The number of benzene rings is 1. The number of alkyl halides is 3. The molecule has 150 valence electrons. The number of aromatic nitrogens is 3. The van der Waals surface area contributed by atoms with E-state index in [9.17, 15) is 18.0 Å². The van der Waals surface area contributed by atoms with Crippen LogP contribution in [0, 0.1) is 6.92 Å². The summed E-state index contributed by atoms with van der Waals surface area (Å²) in [6.07, 6.45) is 2.68. The van der Waals surface area contributed by atoms with Gasteiger partial charge in [-0.3, -0.25) is 9.48 Å². The first-order valence-electron chi connectivity index (χ1n) is 9.32. The van der Waals surface area contributed by atoms with Crippen molar-refractivity contribution in [2.75, 3.05) is 5.32 Å². The Morgan fingerprint density at radius 3 is 2.48 bits per heavy atom. The average molecular weight is 400 g/mol. The number of carbonyl (C=O) groups excluding carboxylic acids is 1. The summed E-state index contributed by atoms with van der Waals surface area (Å²) < 4.78 is 40.0. The van der Waals surface area contributed by atoms with Crippen LogP contribution in [-0.2, 0) is 6.18 Å². The summed E-state index contributed by atoms with van der Waals surface area (Å²) in [6, 6.07) is 8.36. The molecule has 2 heterocycles. The molecule has 0 aliphatic heterocycles. The summed E-state index contributed by atoms with van der Waals surface area (Å²) in [6.45, 7) is 1.76. The molecule has 0 atom stereocenters. The van der Waals surface area contributed by atoms with E-state index in [4.69, 9.17) is 0 Å². The van der Waals surface area contributed by atoms with Gasteiger partial charge in [-0.05, 0) is 62.1 Å². The van der Waals surface area contributed by atoms with Crippen LogP contribution in [0.3, 0.4) is 0 Å². The number of anilines is 1. The number of pyridine rings is 1. The maximum Gasteiger partial charge on any atom is 0.416 e. The fraction of sp³-hybridized carbons (Fsp3) is 0.286. The lowest BCUT2D eigenvalue weighted by Gasteiger charge is -2.25. The monoisotopic (exact) mass is 400 g/mol. The molecule has 1 aliphatic rings. The number of rotatable bonds is 4. The normalized spacial score (nSPS) is 14.5. The van der Waals surface area contributed by atoms with Crippen molar-refractivity contribution in [3.05, 3.63) is 65.6 Å². The van der Waals surface area contributed by atoms with Gasteiger partial charge in [0.1, 0.15) is 5.69 Å². The minimum atomic E-state index is -4.42. The summed E-state index contributed by atoms with van der Waals surface area (Å²) in [5.74, 6) is -0.476. The molecule has 4 rings (SSSR count). The van der Waals surface area contributed by atoms with E-state index in [1.54, 1.807) is 19.2 Å². The van der Waals surface area contributed by atoms with E-state index in [0.717, 1.165) is 30.5 Å². The third kappa shape index (κ3) is 4.01. The van der Waals surface area contributed by atoms with Crippen molar-refractivity contribution in [2.45, 2.75) is 38.4 Å². The first kappa shape index (κ1) is 19.2. The van der Waals surface area contributed by atoms with Crippen molar-refractivity contribution >= 4 is 11.6 Å². The van der Waals surface area contributed by atoms with E-state index in [1.165, 1.54) is 18.6 Å². The number of nitrogens with one attached hydrogen (secondary N) is 1. The lowest BCUT2D eigenvalue weighted by Crippen LogP contribution is -2.17. The van der Waals surface area contributed by atoms with Gasteiger partial charge in [-0.2, -0.15) is 18.3 Å². The molecule has 1 aromatic carbocycles. The molecular weight excluding hydrogens is 381 g/mol. The van der Waals surface area contributed by atoms with Crippen LogP contribution in [-0.4, -0.2) is 20.7 Å². The van der Waals surface area contributed by atoms with Crippen molar-refractivity contribution < 1.29 is 18.0 Å². The number of aryl methyl sites for hydroxylation is 1. The summed E-state index contributed by atoms with van der Waals surface area (Å²) >= 11 is 0. The van der Waals surface area contributed by atoms with Gasteiger partial charge >= 0.3 is 6.18 Å². The van der Waals surface area contributed by atoms with Gasteiger partial charge in [-0.1, -0.05) is 6.07 Å². The van der Waals surface area contributed by atoms with Crippen LogP contribution in [0.4, 0.5) is 18.9 Å². The van der Waals surface area contributed by atoms with Crippen molar-refractivity contribution in [3.63, 3.8) is 0 Å². The Hall–Kier alpha value is -3.16. The first-order valence-corrected chi connectivity index (χ1v) is 9.32. The third-order valence-corrected chi connectivity index (χ3v) is 5.13. The highest BCUT2D eigenvalue weighted by Gasteiger charge is 2.30. The molecule has 5 nitrogen and oxygen atoms in total. The highest BCUT2D eigenvalue weighted by Crippen LogP contribution is 2.32. The number of nitrogens with zero attached hydrogens (tertiary/aromatic N) is 3. The molecule has 29 heavy (non-hydrogen) atoms. The molecule has 0 unspecified atom stereocenters. The molecule has 3 aromatic rings. The van der Waals surface area contributed by atoms with E-state index in [2.05, 4.69) is 15.4 Å². The number of carbonyl (C=O) groups is 1. The van der Waals surface area contributed by atoms with Crippen LogP contribution in [0.25, 0.3) is 11.3 Å². The van der Waals surface area contributed by atoms with Crippen LogP contribution >= 0.6 is 0 Å². The highest BCUT2D eigenvalue weighted by molar-refractivity contribution is 6.04. The molecule has 8 heteroatoms. The van der Waals surface area contributed by atoms with Crippen molar-refractivity contribution in [2.24, 2.45) is 0 Å². The van der Waals surface area contributed by atoms with Gasteiger partial charge in [0.15, 0.2) is 0 Å². The molecule has 0 saturated heterocycles. The highest BCUT2D eigenvalue weighted by atomic mass is 19.4. The topological polar surface area (TPSA) is 59.8 Å². The molecule has 1 N–H and O–H groups in total. The van der Waals surface area contributed by atoms with Crippen LogP contribution < -0.4 is 5.32 Å².